The molecule has 0 saturated heterocycles. The van der Waals surface area contributed by atoms with Gasteiger partial charge in [0, 0.05) is 19.1 Å². The average molecular weight is 529 g/mol. The lowest BCUT2D eigenvalue weighted by Crippen LogP contribution is -2.67. The Hall–Kier alpha value is -1.25. The molecule has 0 radical (unpaired) electrons. The summed E-state index contributed by atoms with van der Waals surface area (Å²) in [6.07, 6.45) is 1.94. The summed E-state index contributed by atoms with van der Waals surface area (Å²) in [5, 5.41) is 12.1. The summed E-state index contributed by atoms with van der Waals surface area (Å²) >= 11 is 0. The fraction of sp³-hybridized carbons (Fsp3) is 0.613. The Morgan fingerprint density at radius 1 is 0.778 bits per heavy atom. The van der Waals surface area contributed by atoms with E-state index < -0.39 is 16.6 Å². The van der Waals surface area contributed by atoms with Crippen molar-refractivity contribution in [3.63, 3.8) is 0 Å². The lowest BCUT2D eigenvalue weighted by Gasteiger charge is -2.45. The molecule has 0 heterocycles. The molecule has 0 saturated carbocycles. The molecule has 0 aliphatic carbocycles. The van der Waals surface area contributed by atoms with Crippen LogP contribution in [0.15, 0.2) is 60.7 Å². The SMILES string of the molecule is CC[Si](CC)(CC)O[C@@H]([C@@H](C)CCCO)[C@@H](C)CO[Si](c1ccccc1)(c1ccccc1)C(C)(C)C. The highest BCUT2D eigenvalue weighted by molar-refractivity contribution is 6.99. The van der Waals surface area contributed by atoms with Crippen LogP contribution in [0.5, 0.6) is 0 Å². The maximum atomic E-state index is 9.51. The number of aliphatic hydroxyl groups excluding tert-OH is 1. The second-order valence-electron chi connectivity index (χ2n) is 11.6. The van der Waals surface area contributed by atoms with E-state index in [1.807, 2.05) is 0 Å². The van der Waals surface area contributed by atoms with E-state index >= 15 is 0 Å². The Kier molecular flexibility index (Phi) is 12.1. The van der Waals surface area contributed by atoms with Crippen molar-refractivity contribution in [1.82, 2.24) is 0 Å². The summed E-state index contributed by atoms with van der Waals surface area (Å²) in [4.78, 5) is 0. The standard InChI is InChI=1S/C31H52O3Si2/c1-9-35(10-2,11-3)34-30(26(4)19-18-24-32)27(5)25-33-36(31(6,7)8,28-20-14-12-15-21-28)29-22-16-13-17-23-29/h12-17,20-23,26-27,30,32H,9-11,18-19,24-25H2,1-8H3/t26-,27-,30-/m0/s1. The second-order valence-corrected chi connectivity index (χ2v) is 20.6. The Morgan fingerprint density at radius 2 is 1.25 bits per heavy atom. The van der Waals surface area contributed by atoms with Gasteiger partial charge in [0.2, 0.25) is 0 Å². The third-order valence-corrected chi connectivity index (χ3v) is 17.9. The van der Waals surface area contributed by atoms with Gasteiger partial charge in [-0.25, -0.2) is 0 Å². The number of benzene rings is 2. The van der Waals surface area contributed by atoms with E-state index in [9.17, 15) is 5.11 Å². The van der Waals surface area contributed by atoms with Crippen LogP contribution in [0.3, 0.4) is 0 Å². The topological polar surface area (TPSA) is 38.7 Å². The zero-order valence-electron chi connectivity index (χ0n) is 24.2. The smallest absolute Gasteiger partial charge is 0.261 e. The molecule has 1 N–H and O–H groups in total. The van der Waals surface area contributed by atoms with Gasteiger partial charge in [0.1, 0.15) is 0 Å². The van der Waals surface area contributed by atoms with Crippen molar-refractivity contribution in [2.45, 2.75) is 97.5 Å². The summed E-state index contributed by atoms with van der Waals surface area (Å²) < 4.78 is 14.5. The van der Waals surface area contributed by atoms with Crippen molar-refractivity contribution in [2.75, 3.05) is 13.2 Å². The van der Waals surface area contributed by atoms with Crippen molar-refractivity contribution in [3.8, 4) is 0 Å². The van der Waals surface area contributed by atoms with E-state index in [0.717, 1.165) is 31.0 Å². The van der Waals surface area contributed by atoms with Crippen LogP contribution in [0.1, 0.15) is 68.2 Å². The molecule has 0 unspecified atom stereocenters. The minimum Gasteiger partial charge on any atom is -0.413 e. The van der Waals surface area contributed by atoms with E-state index in [4.69, 9.17) is 8.85 Å². The van der Waals surface area contributed by atoms with Crippen LogP contribution in [0.2, 0.25) is 23.2 Å². The molecule has 2 aromatic rings. The lowest BCUT2D eigenvalue weighted by atomic mass is 9.91. The summed E-state index contributed by atoms with van der Waals surface area (Å²) in [6, 6.07) is 25.2. The van der Waals surface area contributed by atoms with E-state index in [2.05, 4.69) is 116 Å². The highest BCUT2D eigenvalue weighted by Crippen LogP contribution is 2.38. The summed E-state index contributed by atoms with van der Waals surface area (Å²) in [7, 11) is -4.38. The third kappa shape index (κ3) is 7.19. The molecule has 2 aromatic carbocycles. The largest absolute Gasteiger partial charge is 0.413 e. The van der Waals surface area contributed by atoms with Gasteiger partial charge in [0.15, 0.2) is 8.32 Å². The predicted octanol–water partition coefficient (Wildman–Crippen LogP) is 7.00. The first-order chi connectivity index (χ1) is 17.1. The normalized spacial score (nSPS) is 15.5. The zero-order chi connectivity index (χ0) is 26.8. The van der Waals surface area contributed by atoms with Gasteiger partial charge >= 0.3 is 0 Å². The van der Waals surface area contributed by atoms with E-state index in [1.165, 1.54) is 10.4 Å². The monoisotopic (exact) mass is 528 g/mol. The van der Waals surface area contributed by atoms with Crippen LogP contribution < -0.4 is 10.4 Å². The van der Waals surface area contributed by atoms with Gasteiger partial charge < -0.3 is 14.0 Å². The van der Waals surface area contributed by atoms with Crippen molar-refractivity contribution >= 4 is 27.0 Å². The highest BCUT2D eigenvalue weighted by atomic mass is 28.4. The molecule has 202 valence electrons. The Bertz CT molecular complexity index is 815. The molecule has 0 amide bonds. The number of aliphatic hydroxyl groups is 1. The number of hydrogen-bond donors (Lipinski definition) is 1. The second kappa shape index (κ2) is 14.1. The summed E-state index contributed by atoms with van der Waals surface area (Å²) in [5.41, 5.74) is 0. The van der Waals surface area contributed by atoms with E-state index in [1.54, 1.807) is 0 Å². The minimum absolute atomic E-state index is 0.0386. The van der Waals surface area contributed by atoms with E-state index in [0.29, 0.717) is 12.5 Å². The van der Waals surface area contributed by atoms with Crippen molar-refractivity contribution in [1.29, 1.82) is 0 Å². The van der Waals surface area contributed by atoms with Gasteiger partial charge in [-0.15, -0.1) is 0 Å². The lowest BCUT2D eigenvalue weighted by molar-refractivity contribution is 0.0459. The quantitative estimate of drug-likeness (QED) is 0.253. The Morgan fingerprint density at radius 3 is 1.64 bits per heavy atom. The molecule has 3 nitrogen and oxygen atoms in total. The van der Waals surface area contributed by atoms with Gasteiger partial charge in [0.05, 0.1) is 6.10 Å². The summed E-state index contributed by atoms with van der Waals surface area (Å²) in [5.74, 6) is 0.642. The molecule has 0 aliphatic heterocycles. The first-order valence-corrected chi connectivity index (χ1v) is 18.6. The van der Waals surface area contributed by atoms with Gasteiger partial charge in [-0.1, -0.05) is 116 Å². The van der Waals surface area contributed by atoms with Crippen LogP contribution >= 0.6 is 0 Å². The molecule has 3 atom stereocenters. The fourth-order valence-corrected chi connectivity index (χ4v) is 13.5. The van der Waals surface area contributed by atoms with Crippen LogP contribution in [-0.4, -0.2) is 41.1 Å². The van der Waals surface area contributed by atoms with Crippen molar-refractivity contribution in [2.24, 2.45) is 11.8 Å². The predicted molar refractivity (Wildman–Crippen MR) is 160 cm³/mol. The van der Waals surface area contributed by atoms with Gasteiger partial charge in [0.25, 0.3) is 8.32 Å². The molecule has 5 heteroatoms. The van der Waals surface area contributed by atoms with Crippen LogP contribution in [0, 0.1) is 11.8 Å². The van der Waals surface area contributed by atoms with Crippen LogP contribution in [-0.2, 0) is 8.85 Å². The van der Waals surface area contributed by atoms with Crippen LogP contribution in [0.25, 0.3) is 0 Å². The fourth-order valence-electron chi connectivity index (χ4n) is 5.77. The zero-order valence-corrected chi connectivity index (χ0v) is 26.2. The van der Waals surface area contributed by atoms with Gasteiger partial charge in [-0.3, -0.25) is 0 Å². The molecular formula is C31H52O3Si2. The molecular weight excluding hydrogens is 477 g/mol. The van der Waals surface area contributed by atoms with Crippen molar-refractivity contribution in [3.05, 3.63) is 60.7 Å². The molecule has 0 bridgehead atoms. The first kappa shape index (κ1) is 31.0. The molecule has 0 aliphatic rings. The summed E-state index contributed by atoms with van der Waals surface area (Å²) in [6.45, 7) is 19.5. The molecule has 0 aromatic heterocycles. The average Bonchev–Trinajstić information content (AvgIpc) is 2.89. The van der Waals surface area contributed by atoms with E-state index in [-0.39, 0.29) is 23.7 Å². The number of rotatable bonds is 15. The Balaban J connectivity index is 2.47. The maximum Gasteiger partial charge on any atom is 0.261 e. The number of hydrogen-bond acceptors (Lipinski definition) is 3. The van der Waals surface area contributed by atoms with Crippen LogP contribution in [0.4, 0.5) is 0 Å². The maximum absolute atomic E-state index is 9.51. The molecule has 0 fully saturated rings. The first-order valence-electron chi connectivity index (χ1n) is 14.1. The molecule has 2 rings (SSSR count). The Labute approximate surface area is 223 Å². The van der Waals surface area contributed by atoms with Gasteiger partial charge in [-0.2, -0.15) is 0 Å². The molecule has 36 heavy (non-hydrogen) atoms. The third-order valence-electron chi connectivity index (χ3n) is 8.24. The van der Waals surface area contributed by atoms with Gasteiger partial charge in [-0.05, 0) is 52.3 Å². The minimum atomic E-state index is -2.59. The highest BCUT2D eigenvalue weighted by Gasteiger charge is 2.50. The molecule has 0 spiro atoms. The van der Waals surface area contributed by atoms with Crippen molar-refractivity contribution < 1.29 is 14.0 Å².